The third kappa shape index (κ3) is 3.20. The third-order valence-corrected chi connectivity index (χ3v) is 3.98. The predicted molar refractivity (Wildman–Crippen MR) is 75.6 cm³/mol. The molecule has 3 rings (SSSR count). The first-order valence-electron chi connectivity index (χ1n) is 7.29. The summed E-state index contributed by atoms with van der Waals surface area (Å²) in [6, 6.07) is 3.10. The zero-order valence-electron chi connectivity index (χ0n) is 12.2. The summed E-state index contributed by atoms with van der Waals surface area (Å²) < 4.78 is 40.5. The van der Waals surface area contributed by atoms with Crippen molar-refractivity contribution < 1.29 is 18.0 Å². The van der Waals surface area contributed by atoms with Gasteiger partial charge in [0.05, 0.1) is 17.8 Å². The summed E-state index contributed by atoms with van der Waals surface area (Å²) in [5.74, 6) is -1.43. The number of aromatic nitrogens is 3. The number of amides is 1. The van der Waals surface area contributed by atoms with Crippen LogP contribution in [-0.2, 0) is 0 Å². The summed E-state index contributed by atoms with van der Waals surface area (Å²) >= 11 is 0. The van der Waals surface area contributed by atoms with Crippen LogP contribution in [0.1, 0.15) is 41.2 Å². The highest BCUT2D eigenvalue weighted by Gasteiger charge is 2.26. The van der Waals surface area contributed by atoms with Crippen molar-refractivity contribution in [3.05, 3.63) is 47.5 Å². The number of likely N-dealkylation sites (tertiary alicyclic amines) is 1. The van der Waals surface area contributed by atoms with Crippen LogP contribution in [0.4, 0.5) is 13.2 Å². The molecular formula is C15H15F3N4O. The van der Waals surface area contributed by atoms with E-state index in [9.17, 15) is 18.0 Å². The second-order valence-electron chi connectivity index (χ2n) is 5.47. The van der Waals surface area contributed by atoms with Crippen molar-refractivity contribution in [1.29, 1.82) is 0 Å². The lowest BCUT2D eigenvalue weighted by atomic mass is 10.0. The standard InChI is InChI=1S/C15H15F3N4O/c16-13-8-10(3-4-12(13)14(17)18)15(23)21-6-1-2-11(9-21)22-7-5-19-20-22/h3-5,7-8,11,14H,1-2,6,9H2. The number of carbonyl (C=O) groups is 1. The minimum Gasteiger partial charge on any atom is -0.336 e. The number of benzene rings is 1. The maximum atomic E-state index is 13.7. The quantitative estimate of drug-likeness (QED) is 0.872. The van der Waals surface area contributed by atoms with E-state index < -0.39 is 17.8 Å². The molecule has 0 bridgehead atoms. The van der Waals surface area contributed by atoms with E-state index in [1.807, 2.05) is 0 Å². The minimum absolute atomic E-state index is 0.0142. The lowest BCUT2D eigenvalue weighted by molar-refractivity contribution is 0.0670. The largest absolute Gasteiger partial charge is 0.336 e. The first-order valence-corrected chi connectivity index (χ1v) is 7.29. The smallest absolute Gasteiger partial charge is 0.266 e. The Bertz CT molecular complexity index is 690. The molecule has 1 aromatic carbocycles. The fourth-order valence-electron chi connectivity index (χ4n) is 2.79. The topological polar surface area (TPSA) is 51.0 Å². The maximum Gasteiger partial charge on any atom is 0.266 e. The van der Waals surface area contributed by atoms with Crippen LogP contribution in [0.25, 0.3) is 0 Å². The lowest BCUT2D eigenvalue weighted by Crippen LogP contribution is -2.40. The Morgan fingerprint density at radius 3 is 2.83 bits per heavy atom. The first kappa shape index (κ1) is 15.5. The van der Waals surface area contributed by atoms with E-state index in [2.05, 4.69) is 10.3 Å². The molecule has 0 aliphatic carbocycles. The molecule has 23 heavy (non-hydrogen) atoms. The van der Waals surface area contributed by atoms with Crippen LogP contribution in [0.5, 0.6) is 0 Å². The average Bonchev–Trinajstić information content (AvgIpc) is 3.08. The van der Waals surface area contributed by atoms with Crippen molar-refractivity contribution >= 4 is 5.91 Å². The number of hydrogen-bond donors (Lipinski definition) is 0. The molecule has 0 saturated carbocycles. The molecule has 1 amide bonds. The highest BCUT2D eigenvalue weighted by Crippen LogP contribution is 2.25. The Balaban J connectivity index is 1.76. The van der Waals surface area contributed by atoms with Gasteiger partial charge in [0, 0.05) is 24.8 Å². The predicted octanol–water partition coefficient (Wildman–Crippen LogP) is 2.83. The zero-order chi connectivity index (χ0) is 16.4. The molecule has 1 atom stereocenters. The van der Waals surface area contributed by atoms with Crippen LogP contribution in [0.2, 0.25) is 0 Å². The van der Waals surface area contributed by atoms with E-state index in [1.54, 1.807) is 22.0 Å². The van der Waals surface area contributed by atoms with Gasteiger partial charge in [-0.1, -0.05) is 5.21 Å². The Labute approximate surface area is 130 Å². The van der Waals surface area contributed by atoms with Gasteiger partial charge in [-0.15, -0.1) is 5.10 Å². The van der Waals surface area contributed by atoms with Crippen molar-refractivity contribution in [2.45, 2.75) is 25.3 Å². The van der Waals surface area contributed by atoms with Crippen molar-refractivity contribution in [1.82, 2.24) is 19.9 Å². The highest BCUT2D eigenvalue weighted by atomic mass is 19.3. The normalized spacial score (nSPS) is 18.4. The molecule has 2 heterocycles. The average molecular weight is 324 g/mol. The molecule has 122 valence electrons. The van der Waals surface area contributed by atoms with Crippen molar-refractivity contribution in [3.8, 4) is 0 Å². The molecule has 1 saturated heterocycles. The Kier molecular flexibility index (Phi) is 4.31. The van der Waals surface area contributed by atoms with Gasteiger partial charge in [0.15, 0.2) is 0 Å². The van der Waals surface area contributed by atoms with E-state index in [0.29, 0.717) is 13.1 Å². The Morgan fingerprint density at radius 2 is 2.17 bits per heavy atom. The highest BCUT2D eigenvalue weighted by molar-refractivity contribution is 5.94. The number of nitrogens with zero attached hydrogens (tertiary/aromatic N) is 4. The van der Waals surface area contributed by atoms with Gasteiger partial charge in [-0.05, 0) is 31.0 Å². The molecule has 0 N–H and O–H groups in total. The molecular weight excluding hydrogens is 309 g/mol. The van der Waals surface area contributed by atoms with Crippen LogP contribution in [0.3, 0.4) is 0 Å². The molecule has 1 aromatic heterocycles. The van der Waals surface area contributed by atoms with Gasteiger partial charge in [-0.25, -0.2) is 17.9 Å². The number of carbonyl (C=O) groups excluding carboxylic acids is 1. The lowest BCUT2D eigenvalue weighted by Gasteiger charge is -2.32. The van der Waals surface area contributed by atoms with Gasteiger partial charge >= 0.3 is 0 Å². The van der Waals surface area contributed by atoms with Crippen molar-refractivity contribution in [3.63, 3.8) is 0 Å². The second kappa shape index (κ2) is 6.39. The number of rotatable bonds is 3. The molecule has 1 fully saturated rings. The van der Waals surface area contributed by atoms with Gasteiger partial charge in [0.25, 0.3) is 12.3 Å². The minimum atomic E-state index is -2.90. The SMILES string of the molecule is O=C(c1ccc(C(F)F)c(F)c1)N1CCCC(n2ccnn2)C1. The van der Waals surface area contributed by atoms with Crippen LogP contribution in [0, 0.1) is 5.82 Å². The van der Waals surface area contributed by atoms with E-state index in [1.165, 1.54) is 6.07 Å². The molecule has 0 spiro atoms. The van der Waals surface area contributed by atoms with E-state index in [-0.39, 0.29) is 17.5 Å². The van der Waals surface area contributed by atoms with Crippen molar-refractivity contribution in [2.24, 2.45) is 0 Å². The van der Waals surface area contributed by atoms with Gasteiger partial charge in [-0.3, -0.25) is 4.79 Å². The number of piperidine rings is 1. The van der Waals surface area contributed by atoms with E-state index in [0.717, 1.165) is 25.0 Å². The fourth-order valence-corrected chi connectivity index (χ4v) is 2.79. The monoisotopic (exact) mass is 324 g/mol. The second-order valence-corrected chi connectivity index (χ2v) is 5.47. The number of alkyl halides is 2. The molecule has 2 aromatic rings. The van der Waals surface area contributed by atoms with E-state index in [4.69, 9.17) is 0 Å². The first-order chi connectivity index (χ1) is 11.1. The molecule has 1 aliphatic rings. The van der Waals surface area contributed by atoms with Gasteiger partial charge in [0.2, 0.25) is 0 Å². The van der Waals surface area contributed by atoms with Crippen LogP contribution in [0.15, 0.2) is 30.6 Å². The van der Waals surface area contributed by atoms with Gasteiger partial charge < -0.3 is 4.90 Å². The van der Waals surface area contributed by atoms with Crippen molar-refractivity contribution in [2.75, 3.05) is 13.1 Å². The fraction of sp³-hybridized carbons (Fsp3) is 0.400. The van der Waals surface area contributed by atoms with Crippen LogP contribution in [-0.4, -0.2) is 38.9 Å². The molecule has 0 radical (unpaired) electrons. The van der Waals surface area contributed by atoms with E-state index >= 15 is 0 Å². The molecule has 5 nitrogen and oxygen atoms in total. The van der Waals surface area contributed by atoms with Gasteiger partial charge in [0.1, 0.15) is 5.82 Å². The Morgan fingerprint density at radius 1 is 1.35 bits per heavy atom. The number of halogens is 3. The third-order valence-electron chi connectivity index (χ3n) is 3.98. The molecule has 1 unspecified atom stereocenters. The summed E-state index contributed by atoms with van der Waals surface area (Å²) in [4.78, 5) is 14.1. The summed E-state index contributed by atoms with van der Waals surface area (Å²) in [7, 11) is 0. The summed E-state index contributed by atoms with van der Waals surface area (Å²) in [5, 5.41) is 7.69. The molecule has 8 heteroatoms. The maximum absolute atomic E-state index is 13.7. The van der Waals surface area contributed by atoms with Gasteiger partial charge in [-0.2, -0.15) is 0 Å². The summed E-state index contributed by atoms with van der Waals surface area (Å²) in [5.41, 5.74) is -0.619. The number of hydrogen-bond acceptors (Lipinski definition) is 3. The summed E-state index contributed by atoms with van der Waals surface area (Å²) in [6.45, 7) is 0.975. The Hall–Kier alpha value is -2.38. The van der Waals surface area contributed by atoms with Crippen LogP contribution < -0.4 is 0 Å². The summed E-state index contributed by atoms with van der Waals surface area (Å²) in [6.07, 6.45) is 2.06. The van der Waals surface area contributed by atoms with Crippen LogP contribution >= 0.6 is 0 Å². The zero-order valence-corrected chi connectivity index (χ0v) is 12.2. The molecule has 1 aliphatic heterocycles.